The first-order valence-electron chi connectivity index (χ1n) is 4.03. The Kier molecular flexibility index (Phi) is 1.86. The van der Waals surface area contributed by atoms with E-state index in [0.717, 1.165) is 12.2 Å². The van der Waals surface area contributed by atoms with Crippen molar-refractivity contribution < 1.29 is 0 Å². The molecule has 0 aliphatic carbocycles. The molecule has 1 radical (unpaired) electrons. The van der Waals surface area contributed by atoms with Crippen molar-refractivity contribution in [2.75, 3.05) is 6.54 Å². The molecule has 0 bridgehead atoms. The highest BCUT2D eigenvalue weighted by Crippen LogP contribution is 2.19. The zero-order valence-corrected chi connectivity index (χ0v) is 6.38. The van der Waals surface area contributed by atoms with Gasteiger partial charge in [-0.15, -0.1) is 0 Å². The highest BCUT2D eigenvalue weighted by molar-refractivity contribution is 5.09. The van der Waals surface area contributed by atoms with Gasteiger partial charge in [0.1, 0.15) is 0 Å². The van der Waals surface area contributed by atoms with E-state index in [-0.39, 0.29) is 0 Å². The molecule has 2 rings (SSSR count). The lowest BCUT2D eigenvalue weighted by Crippen LogP contribution is -2.13. The number of nitrogens with one attached hydrogen (secondary N) is 1. The van der Waals surface area contributed by atoms with Crippen LogP contribution in [0.2, 0.25) is 0 Å². The van der Waals surface area contributed by atoms with Crippen molar-refractivity contribution in [3.05, 3.63) is 30.1 Å². The van der Waals surface area contributed by atoms with E-state index in [1.807, 2.05) is 12.1 Å². The Morgan fingerprint density at radius 2 is 2.64 bits per heavy atom. The summed E-state index contributed by atoms with van der Waals surface area (Å²) in [6.45, 7) is 1.13. The number of rotatable bonds is 1. The number of pyridine rings is 1. The predicted octanol–water partition coefficient (Wildman–Crippen LogP) is 1.31. The minimum absolute atomic E-state index is 0.479. The number of aromatic nitrogens is 1. The molecule has 1 N–H and O–H groups in total. The Morgan fingerprint density at radius 3 is 3.27 bits per heavy atom. The molecule has 2 heterocycles. The second-order valence-corrected chi connectivity index (χ2v) is 2.84. The molecule has 57 valence electrons. The van der Waals surface area contributed by atoms with Crippen molar-refractivity contribution in [3.8, 4) is 0 Å². The highest BCUT2D eigenvalue weighted by atomic mass is 15.0. The van der Waals surface area contributed by atoms with Crippen molar-refractivity contribution in [3.63, 3.8) is 0 Å². The van der Waals surface area contributed by atoms with Gasteiger partial charge in [-0.3, -0.25) is 0 Å². The average Bonchev–Trinajstić information content (AvgIpc) is 2.58. The monoisotopic (exact) mass is 147 g/mol. The van der Waals surface area contributed by atoms with Gasteiger partial charge < -0.3 is 5.32 Å². The van der Waals surface area contributed by atoms with Crippen LogP contribution in [-0.2, 0) is 0 Å². The van der Waals surface area contributed by atoms with Crippen LogP contribution in [0.1, 0.15) is 24.6 Å². The summed E-state index contributed by atoms with van der Waals surface area (Å²) < 4.78 is 0. The third-order valence-corrected chi connectivity index (χ3v) is 2.05. The summed E-state index contributed by atoms with van der Waals surface area (Å²) in [7, 11) is 0. The fourth-order valence-electron chi connectivity index (χ4n) is 1.47. The van der Waals surface area contributed by atoms with Gasteiger partial charge in [0.15, 0.2) is 0 Å². The Labute approximate surface area is 66.7 Å². The van der Waals surface area contributed by atoms with E-state index in [9.17, 15) is 0 Å². The fraction of sp³-hybridized carbons (Fsp3) is 0.444. The van der Waals surface area contributed by atoms with Crippen molar-refractivity contribution >= 4 is 0 Å². The van der Waals surface area contributed by atoms with Crippen molar-refractivity contribution in [2.24, 2.45) is 0 Å². The van der Waals surface area contributed by atoms with E-state index in [4.69, 9.17) is 0 Å². The molecule has 0 aromatic carbocycles. The molecule has 1 aromatic heterocycles. The quantitative estimate of drug-likeness (QED) is 0.647. The maximum absolute atomic E-state index is 4.17. The zero-order chi connectivity index (χ0) is 7.52. The highest BCUT2D eigenvalue weighted by Gasteiger charge is 2.16. The summed E-state index contributed by atoms with van der Waals surface area (Å²) in [6.07, 6.45) is 5.33. The fourth-order valence-corrected chi connectivity index (χ4v) is 1.47. The summed E-state index contributed by atoms with van der Waals surface area (Å²) in [5, 5.41) is 3.39. The smallest absolute Gasteiger partial charge is 0.0890 e. The molecule has 0 spiro atoms. The molecule has 2 nitrogen and oxygen atoms in total. The molecule has 1 fully saturated rings. The van der Waals surface area contributed by atoms with E-state index in [2.05, 4.69) is 22.6 Å². The summed E-state index contributed by atoms with van der Waals surface area (Å²) in [6, 6.07) is 6.35. The summed E-state index contributed by atoms with van der Waals surface area (Å²) in [5.74, 6) is 0. The van der Waals surface area contributed by atoms with Gasteiger partial charge >= 0.3 is 0 Å². The number of hydrogen-bond acceptors (Lipinski definition) is 2. The minimum Gasteiger partial charge on any atom is -0.309 e. The van der Waals surface area contributed by atoms with Crippen LogP contribution in [0.25, 0.3) is 0 Å². The Bertz CT molecular complexity index is 214. The van der Waals surface area contributed by atoms with Crippen molar-refractivity contribution in [2.45, 2.75) is 18.9 Å². The largest absolute Gasteiger partial charge is 0.309 e. The Morgan fingerprint density at radius 1 is 1.64 bits per heavy atom. The number of nitrogens with zero attached hydrogens (tertiary/aromatic N) is 1. The molecule has 1 aliphatic heterocycles. The van der Waals surface area contributed by atoms with E-state index in [1.54, 1.807) is 0 Å². The number of hydrogen-bond donors (Lipinski definition) is 1. The lowest BCUT2D eigenvalue weighted by molar-refractivity contribution is 0.627. The Balaban J connectivity index is 2.16. The summed E-state index contributed by atoms with van der Waals surface area (Å²) in [5.41, 5.74) is 1.13. The minimum atomic E-state index is 0.479. The predicted molar refractivity (Wildman–Crippen MR) is 43.1 cm³/mol. The standard InChI is InChI=1S/C9H11N2/c1-2-6-10-8(4-1)9-5-3-7-11-9/h1-2,4,9,11H,3,5,7H2. The van der Waals surface area contributed by atoms with Crippen LogP contribution < -0.4 is 5.32 Å². The summed E-state index contributed by atoms with van der Waals surface area (Å²) >= 11 is 0. The third-order valence-electron chi connectivity index (χ3n) is 2.05. The van der Waals surface area contributed by atoms with Gasteiger partial charge in [-0.1, -0.05) is 6.07 Å². The molecule has 1 saturated heterocycles. The van der Waals surface area contributed by atoms with Gasteiger partial charge in [-0.05, 0) is 31.5 Å². The van der Waals surface area contributed by atoms with Gasteiger partial charge in [0, 0.05) is 6.04 Å². The topological polar surface area (TPSA) is 24.9 Å². The first-order chi connectivity index (χ1) is 5.47. The van der Waals surface area contributed by atoms with Gasteiger partial charge in [0.05, 0.1) is 11.9 Å². The Hall–Kier alpha value is -0.890. The molecule has 1 unspecified atom stereocenters. The molecule has 0 amide bonds. The van der Waals surface area contributed by atoms with E-state index >= 15 is 0 Å². The zero-order valence-electron chi connectivity index (χ0n) is 6.38. The molecular formula is C9H11N2. The second-order valence-electron chi connectivity index (χ2n) is 2.84. The molecule has 11 heavy (non-hydrogen) atoms. The normalized spacial score (nSPS) is 23.8. The molecule has 2 heteroatoms. The van der Waals surface area contributed by atoms with Gasteiger partial charge in [-0.2, -0.15) is 0 Å². The average molecular weight is 147 g/mol. The maximum Gasteiger partial charge on any atom is 0.0890 e. The van der Waals surface area contributed by atoms with E-state index in [1.165, 1.54) is 12.8 Å². The van der Waals surface area contributed by atoms with E-state index in [0.29, 0.717) is 6.04 Å². The molecular weight excluding hydrogens is 136 g/mol. The molecule has 0 saturated carbocycles. The van der Waals surface area contributed by atoms with Crippen LogP contribution in [0.4, 0.5) is 0 Å². The third kappa shape index (κ3) is 1.40. The van der Waals surface area contributed by atoms with Crippen molar-refractivity contribution in [1.29, 1.82) is 0 Å². The van der Waals surface area contributed by atoms with Crippen LogP contribution in [-0.4, -0.2) is 11.5 Å². The van der Waals surface area contributed by atoms with Crippen LogP contribution in [0.5, 0.6) is 0 Å². The lowest BCUT2D eigenvalue weighted by atomic mass is 10.1. The molecule has 1 aromatic rings. The lowest BCUT2D eigenvalue weighted by Gasteiger charge is -2.07. The first-order valence-corrected chi connectivity index (χ1v) is 4.03. The van der Waals surface area contributed by atoms with Crippen LogP contribution in [0.3, 0.4) is 0 Å². The van der Waals surface area contributed by atoms with Crippen molar-refractivity contribution in [1.82, 2.24) is 10.3 Å². The SMILES string of the molecule is [c]1cccc(C2CCCN2)n1. The maximum atomic E-state index is 4.17. The molecule has 1 atom stereocenters. The molecule has 1 aliphatic rings. The summed E-state index contributed by atoms with van der Waals surface area (Å²) in [4.78, 5) is 4.17. The second kappa shape index (κ2) is 3.01. The van der Waals surface area contributed by atoms with E-state index < -0.39 is 0 Å². The van der Waals surface area contributed by atoms with Gasteiger partial charge in [0.2, 0.25) is 0 Å². The van der Waals surface area contributed by atoms with Crippen LogP contribution >= 0.6 is 0 Å². The van der Waals surface area contributed by atoms with Gasteiger partial charge in [-0.25, -0.2) is 4.98 Å². The van der Waals surface area contributed by atoms with Crippen LogP contribution in [0.15, 0.2) is 18.2 Å². The van der Waals surface area contributed by atoms with Crippen LogP contribution in [0, 0.1) is 6.20 Å². The first kappa shape index (κ1) is 6.80. The van der Waals surface area contributed by atoms with Gasteiger partial charge in [0.25, 0.3) is 0 Å².